The molecule has 1 unspecified atom stereocenters. The van der Waals surface area contributed by atoms with E-state index in [4.69, 9.17) is 11.6 Å². The number of nitro groups is 1. The van der Waals surface area contributed by atoms with Crippen molar-refractivity contribution in [3.05, 3.63) is 74.4 Å². The second kappa shape index (κ2) is 8.78. The van der Waals surface area contributed by atoms with Gasteiger partial charge in [-0.3, -0.25) is 19.5 Å². The minimum Gasteiger partial charge on any atom is -0.313 e. The van der Waals surface area contributed by atoms with Gasteiger partial charge in [-0.25, -0.2) is 4.39 Å². The summed E-state index contributed by atoms with van der Waals surface area (Å²) in [6.45, 7) is 2.56. The number of rotatable bonds is 8. The highest BCUT2D eigenvalue weighted by molar-refractivity contribution is 7.15. The van der Waals surface area contributed by atoms with Crippen molar-refractivity contribution >= 4 is 39.6 Å². The molecule has 3 aromatic heterocycles. The molecule has 0 aliphatic rings. The van der Waals surface area contributed by atoms with Crippen LogP contribution in [0.2, 0.25) is 5.02 Å². The number of halogens is 2. The maximum atomic E-state index is 14.0. The highest BCUT2D eigenvalue weighted by Gasteiger charge is 2.16. The van der Waals surface area contributed by atoms with Crippen LogP contribution in [0.15, 0.2) is 42.9 Å². The molecule has 13 heteroatoms. The Labute approximate surface area is 184 Å². The molecule has 3 heterocycles. The van der Waals surface area contributed by atoms with Gasteiger partial charge in [0.25, 0.3) is 0 Å². The van der Waals surface area contributed by atoms with E-state index in [1.807, 2.05) is 6.92 Å². The number of anilines is 2. The van der Waals surface area contributed by atoms with Gasteiger partial charge >= 0.3 is 5.69 Å². The molecule has 0 saturated heterocycles. The summed E-state index contributed by atoms with van der Waals surface area (Å²) < 4.78 is 17.0. The maximum absolute atomic E-state index is 14.0. The van der Waals surface area contributed by atoms with Crippen LogP contribution in [0.4, 0.5) is 21.0 Å². The second-order valence-electron chi connectivity index (χ2n) is 6.75. The van der Waals surface area contributed by atoms with Gasteiger partial charge in [-0.1, -0.05) is 35.9 Å². The molecule has 160 valence electrons. The van der Waals surface area contributed by atoms with Crippen molar-refractivity contribution in [1.82, 2.24) is 29.8 Å². The lowest BCUT2D eigenvalue weighted by Gasteiger charge is -2.06. The van der Waals surface area contributed by atoms with E-state index in [0.29, 0.717) is 28.1 Å². The van der Waals surface area contributed by atoms with Crippen molar-refractivity contribution in [2.24, 2.45) is 0 Å². The van der Waals surface area contributed by atoms with Crippen LogP contribution in [0.25, 0.3) is 0 Å². The van der Waals surface area contributed by atoms with E-state index in [2.05, 4.69) is 25.7 Å². The maximum Gasteiger partial charge on any atom is 0.306 e. The first-order valence-electron chi connectivity index (χ1n) is 9.12. The number of nitrogens with zero attached hydrogens (tertiary/aromatic N) is 7. The van der Waals surface area contributed by atoms with Crippen LogP contribution in [0.3, 0.4) is 0 Å². The van der Waals surface area contributed by atoms with Gasteiger partial charge in [0.05, 0.1) is 18.0 Å². The molecule has 0 aliphatic carbocycles. The summed E-state index contributed by atoms with van der Waals surface area (Å²) in [4.78, 5) is 10.3. The zero-order valence-corrected chi connectivity index (χ0v) is 17.7. The van der Waals surface area contributed by atoms with Crippen LogP contribution < -0.4 is 5.32 Å². The van der Waals surface area contributed by atoms with Crippen molar-refractivity contribution in [1.29, 1.82) is 0 Å². The lowest BCUT2D eigenvalue weighted by atomic mass is 10.2. The first-order valence-corrected chi connectivity index (χ1v) is 10.3. The van der Waals surface area contributed by atoms with Crippen molar-refractivity contribution in [2.45, 2.75) is 25.9 Å². The van der Waals surface area contributed by atoms with Crippen molar-refractivity contribution in [3.63, 3.8) is 0 Å². The molecule has 1 N–H and O–H groups in total. The first-order chi connectivity index (χ1) is 14.9. The molecule has 0 aliphatic heterocycles. The summed E-state index contributed by atoms with van der Waals surface area (Å²) in [6.07, 6.45) is 4.30. The highest BCUT2D eigenvalue weighted by atomic mass is 35.5. The predicted octanol–water partition coefficient (Wildman–Crippen LogP) is 4.23. The van der Waals surface area contributed by atoms with Crippen molar-refractivity contribution < 1.29 is 9.31 Å². The van der Waals surface area contributed by atoms with Crippen molar-refractivity contribution in [3.8, 4) is 0 Å². The fraction of sp³-hybridized carbons (Fsp3) is 0.222. The smallest absolute Gasteiger partial charge is 0.306 e. The van der Waals surface area contributed by atoms with E-state index in [-0.39, 0.29) is 24.0 Å². The van der Waals surface area contributed by atoms with Crippen molar-refractivity contribution in [2.75, 3.05) is 5.32 Å². The SMILES string of the molecule is CC(Cn1cc([N+](=O)[O-])cn1)c1nnc(Nc2ccn(Cc3c(F)cccc3Cl)n2)s1. The topological polar surface area (TPSA) is 117 Å². The third kappa shape index (κ3) is 4.86. The summed E-state index contributed by atoms with van der Waals surface area (Å²) in [7, 11) is 0. The average molecular weight is 463 g/mol. The zero-order chi connectivity index (χ0) is 22.0. The standard InChI is InChI=1S/C18H16ClFN8O2S/c1-11(8-27-9-12(7-21-27)28(29)30)17-23-24-18(31-17)22-16-5-6-26(25-16)10-13-14(19)3-2-4-15(13)20/h2-7,9,11H,8,10H2,1H3,(H,22,24,25). The molecule has 1 atom stereocenters. The Morgan fingerprint density at radius 2 is 2.16 bits per heavy atom. The monoisotopic (exact) mass is 462 g/mol. The quantitative estimate of drug-likeness (QED) is 0.307. The van der Waals surface area contributed by atoms with Gasteiger partial charge in [0, 0.05) is 28.8 Å². The van der Waals surface area contributed by atoms with Gasteiger partial charge in [-0.05, 0) is 12.1 Å². The Morgan fingerprint density at radius 1 is 1.32 bits per heavy atom. The van der Waals surface area contributed by atoms with Gasteiger partial charge in [0.1, 0.15) is 23.2 Å². The van der Waals surface area contributed by atoms with Gasteiger partial charge in [0.15, 0.2) is 5.82 Å². The van der Waals surface area contributed by atoms with Gasteiger partial charge in [-0.15, -0.1) is 10.2 Å². The van der Waals surface area contributed by atoms with Crippen LogP contribution in [0.1, 0.15) is 23.4 Å². The number of hydrogen-bond acceptors (Lipinski definition) is 8. The summed E-state index contributed by atoms with van der Waals surface area (Å²) in [6, 6.07) is 6.28. The number of aromatic nitrogens is 6. The number of benzene rings is 1. The second-order valence-corrected chi connectivity index (χ2v) is 8.16. The summed E-state index contributed by atoms with van der Waals surface area (Å²) in [5.41, 5.74) is 0.309. The van der Waals surface area contributed by atoms with E-state index in [9.17, 15) is 14.5 Å². The first kappa shape index (κ1) is 20.9. The number of nitrogens with one attached hydrogen (secondary N) is 1. The molecular weight excluding hydrogens is 447 g/mol. The van der Waals surface area contributed by atoms with E-state index < -0.39 is 4.92 Å². The molecule has 0 amide bonds. The third-order valence-electron chi connectivity index (χ3n) is 4.41. The van der Waals surface area contributed by atoms with E-state index in [0.717, 1.165) is 5.01 Å². The van der Waals surface area contributed by atoms with Gasteiger partial charge in [-0.2, -0.15) is 10.2 Å². The van der Waals surface area contributed by atoms with E-state index in [1.165, 1.54) is 34.5 Å². The Kier molecular flexibility index (Phi) is 5.91. The largest absolute Gasteiger partial charge is 0.313 e. The fourth-order valence-electron chi connectivity index (χ4n) is 2.86. The van der Waals surface area contributed by atoms with Gasteiger partial charge < -0.3 is 5.32 Å². The average Bonchev–Trinajstić information content (AvgIpc) is 3.46. The van der Waals surface area contributed by atoms with E-state index >= 15 is 0 Å². The summed E-state index contributed by atoms with van der Waals surface area (Å²) in [5.74, 6) is 0.0987. The summed E-state index contributed by atoms with van der Waals surface area (Å²) in [5, 5.41) is 32.1. The molecule has 0 saturated carbocycles. The molecule has 0 radical (unpaired) electrons. The highest BCUT2D eigenvalue weighted by Crippen LogP contribution is 2.27. The molecule has 0 bridgehead atoms. The Hall–Kier alpha value is -3.38. The molecule has 4 aromatic rings. The normalized spacial score (nSPS) is 12.1. The Bertz CT molecular complexity index is 1200. The minimum absolute atomic E-state index is 0.0479. The Balaban J connectivity index is 1.39. The minimum atomic E-state index is -0.486. The molecule has 10 nitrogen and oxygen atoms in total. The van der Waals surface area contributed by atoms with Crippen LogP contribution in [-0.2, 0) is 13.1 Å². The van der Waals surface area contributed by atoms with E-state index in [1.54, 1.807) is 29.1 Å². The van der Waals surface area contributed by atoms with Crippen LogP contribution in [-0.4, -0.2) is 34.7 Å². The van der Waals surface area contributed by atoms with Crippen LogP contribution in [0, 0.1) is 15.9 Å². The number of hydrogen-bond donors (Lipinski definition) is 1. The van der Waals surface area contributed by atoms with Crippen LogP contribution >= 0.6 is 22.9 Å². The molecule has 31 heavy (non-hydrogen) atoms. The zero-order valence-electron chi connectivity index (χ0n) is 16.1. The fourth-order valence-corrected chi connectivity index (χ4v) is 3.88. The summed E-state index contributed by atoms with van der Waals surface area (Å²) >= 11 is 7.42. The molecule has 4 rings (SSSR count). The predicted molar refractivity (Wildman–Crippen MR) is 113 cm³/mol. The van der Waals surface area contributed by atoms with Gasteiger partial charge in [0.2, 0.25) is 5.13 Å². The third-order valence-corrected chi connectivity index (χ3v) is 5.84. The molecule has 0 spiro atoms. The molecule has 1 aromatic carbocycles. The van der Waals surface area contributed by atoms with Crippen LogP contribution in [0.5, 0.6) is 0 Å². The molecule has 0 fully saturated rings. The molecular formula is C18H16ClFN8O2S. The lowest BCUT2D eigenvalue weighted by Crippen LogP contribution is -2.06. The Morgan fingerprint density at radius 3 is 2.90 bits per heavy atom. The lowest BCUT2D eigenvalue weighted by molar-refractivity contribution is -0.385.